The number of rotatable bonds is 2. The van der Waals surface area contributed by atoms with Crippen LogP contribution in [0.2, 0.25) is 0 Å². The first-order chi connectivity index (χ1) is 13.2. The molecule has 2 saturated heterocycles. The highest BCUT2D eigenvalue weighted by Gasteiger charge is 2.53. The largest absolute Gasteiger partial charge is 0.481 e. The van der Waals surface area contributed by atoms with Gasteiger partial charge in [0, 0.05) is 38.2 Å². The van der Waals surface area contributed by atoms with E-state index in [0.717, 1.165) is 25.3 Å². The van der Waals surface area contributed by atoms with E-state index in [1.165, 1.54) is 4.90 Å². The Bertz CT molecular complexity index is 867. The molecule has 0 aromatic carbocycles. The summed E-state index contributed by atoms with van der Waals surface area (Å²) >= 11 is 0. The Morgan fingerprint density at radius 2 is 1.83 bits per heavy atom. The number of carboxylic acid groups (broad SMARTS) is 1. The fraction of sp³-hybridized carbons (Fsp3) is 0.588. The van der Waals surface area contributed by atoms with E-state index in [1.54, 1.807) is 14.1 Å². The summed E-state index contributed by atoms with van der Waals surface area (Å²) in [5.41, 5.74) is -1.05. The van der Waals surface area contributed by atoms with Crippen LogP contribution in [0, 0.1) is 5.92 Å². The zero-order chi connectivity index (χ0) is 22.1. The maximum absolute atomic E-state index is 12.6. The zero-order valence-electron chi connectivity index (χ0n) is 16.0. The monoisotopic (exact) mass is 437 g/mol. The highest BCUT2D eigenvalue weighted by atomic mass is 32.2. The third-order valence-electron chi connectivity index (χ3n) is 4.92. The topological polar surface area (TPSA) is 108 Å². The Hall–Kier alpha value is -2.21. The fourth-order valence-electron chi connectivity index (χ4n) is 3.60. The van der Waals surface area contributed by atoms with Crippen molar-refractivity contribution >= 4 is 21.7 Å². The smallest absolute Gasteiger partial charge is 0.433 e. The number of halogens is 3. The number of aliphatic carboxylic acids is 1. The number of likely N-dealkylation sites (tertiary alicyclic amines) is 1. The van der Waals surface area contributed by atoms with Crippen LogP contribution in [0.4, 0.5) is 13.2 Å². The number of nitrogens with zero attached hydrogens (tertiary/aromatic N) is 3. The molecule has 2 fully saturated rings. The van der Waals surface area contributed by atoms with E-state index in [1.807, 2.05) is 4.90 Å². The molecule has 0 bridgehead atoms. The number of hydrogen-bond donors (Lipinski definition) is 1. The van der Waals surface area contributed by atoms with Crippen LogP contribution in [0.5, 0.6) is 0 Å². The predicted molar refractivity (Wildman–Crippen MR) is 97.0 cm³/mol. The molecule has 3 rings (SSSR count). The molecule has 2 aliphatic rings. The van der Waals surface area contributed by atoms with Gasteiger partial charge in [-0.1, -0.05) is 0 Å². The van der Waals surface area contributed by atoms with Gasteiger partial charge in [0.2, 0.25) is 0 Å². The first-order valence-corrected chi connectivity index (χ1v) is 10.4. The minimum atomic E-state index is -4.57. The molecule has 162 valence electrons. The molecule has 1 amide bonds. The van der Waals surface area contributed by atoms with Crippen molar-refractivity contribution in [2.45, 2.75) is 24.4 Å². The lowest BCUT2D eigenvalue weighted by Gasteiger charge is -2.25. The van der Waals surface area contributed by atoms with E-state index in [2.05, 4.69) is 4.98 Å². The van der Waals surface area contributed by atoms with Crippen molar-refractivity contribution in [2.24, 2.45) is 5.92 Å². The van der Waals surface area contributed by atoms with Crippen molar-refractivity contribution in [2.75, 3.05) is 32.9 Å². The Morgan fingerprint density at radius 3 is 2.28 bits per heavy atom. The van der Waals surface area contributed by atoms with Gasteiger partial charge in [-0.3, -0.25) is 14.6 Å². The number of amides is 1. The maximum Gasteiger partial charge on any atom is 0.433 e. The Kier molecular flexibility index (Phi) is 6.58. The molecular formula is C17H22F3N3O5S. The third kappa shape index (κ3) is 5.24. The predicted octanol–water partition coefficient (Wildman–Crippen LogP) is 0.991. The molecule has 3 heterocycles. The fourth-order valence-corrected chi connectivity index (χ4v) is 6.08. The Morgan fingerprint density at radius 1 is 1.24 bits per heavy atom. The average molecular weight is 437 g/mol. The van der Waals surface area contributed by atoms with Gasteiger partial charge in [-0.05, 0) is 26.2 Å². The summed E-state index contributed by atoms with van der Waals surface area (Å²) in [6, 6.07) is 1.66. The molecule has 1 N–H and O–H groups in total. The van der Waals surface area contributed by atoms with Crippen LogP contribution in [0.15, 0.2) is 18.3 Å². The maximum atomic E-state index is 12.6. The molecule has 0 aliphatic carbocycles. The molecule has 12 heteroatoms. The highest BCUT2D eigenvalue weighted by Crippen LogP contribution is 2.36. The summed E-state index contributed by atoms with van der Waals surface area (Å²) in [6.07, 6.45) is -3.68. The van der Waals surface area contributed by atoms with Crippen LogP contribution >= 0.6 is 0 Å². The van der Waals surface area contributed by atoms with Crippen molar-refractivity contribution in [3.05, 3.63) is 29.6 Å². The van der Waals surface area contributed by atoms with Gasteiger partial charge >= 0.3 is 6.18 Å². The number of alkyl halides is 3. The molecule has 2 aliphatic heterocycles. The summed E-state index contributed by atoms with van der Waals surface area (Å²) in [6.45, 7) is 1.42. The molecule has 3 atom stereocenters. The van der Waals surface area contributed by atoms with Gasteiger partial charge in [0.05, 0.1) is 16.6 Å². The van der Waals surface area contributed by atoms with Gasteiger partial charge in [-0.25, -0.2) is 8.42 Å². The number of carboxylic acids is 1. The van der Waals surface area contributed by atoms with Gasteiger partial charge in [-0.2, -0.15) is 13.2 Å². The first kappa shape index (κ1) is 23.1. The SMILES string of the molecule is CC(=O)O.CN(C)[C@@H]1CS(=O)(=O)[C@H]2CN(C(=O)c3ccc(C(F)(F)F)nc3)C[C@@H]12. The first-order valence-electron chi connectivity index (χ1n) is 8.64. The Balaban J connectivity index is 0.000000687. The van der Waals surface area contributed by atoms with Gasteiger partial charge < -0.3 is 14.9 Å². The number of aromatic nitrogens is 1. The Labute approximate surface area is 166 Å². The number of carbonyl (C=O) groups is 2. The summed E-state index contributed by atoms with van der Waals surface area (Å²) in [5.74, 6) is -1.45. The van der Waals surface area contributed by atoms with Crippen LogP contribution < -0.4 is 0 Å². The summed E-state index contributed by atoms with van der Waals surface area (Å²) in [5, 5.41) is 6.80. The van der Waals surface area contributed by atoms with Crippen LogP contribution in [-0.4, -0.2) is 84.4 Å². The van der Waals surface area contributed by atoms with Gasteiger partial charge in [0.1, 0.15) is 5.69 Å². The summed E-state index contributed by atoms with van der Waals surface area (Å²) < 4.78 is 62.3. The number of sulfone groups is 1. The molecule has 0 radical (unpaired) electrons. The molecule has 0 saturated carbocycles. The van der Waals surface area contributed by atoms with Crippen LogP contribution in [-0.2, 0) is 20.8 Å². The van der Waals surface area contributed by atoms with E-state index >= 15 is 0 Å². The lowest BCUT2D eigenvalue weighted by atomic mass is 10.00. The third-order valence-corrected chi connectivity index (χ3v) is 7.15. The molecule has 0 spiro atoms. The van der Waals surface area contributed by atoms with Crippen LogP contribution in [0.25, 0.3) is 0 Å². The molecule has 1 aromatic heterocycles. The lowest BCUT2D eigenvalue weighted by molar-refractivity contribution is -0.141. The molecule has 29 heavy (non-hydrogen) atoms. The quantitative estimate of drug-likeness (QED) is 0.735. The van der Waals surface area contributed by atoms with E-state index < -0.39 is 38.8 Å². The van der Waals surface area contributed by atoms with Crippen molar-refractivity contribution in [3.8, 4) is 0 Å². The van der Waals surface area contributed by atoms with Crippen LogP contribution in [0.3, 0.4) is 0 Å². The number of pyridine rings is 1. The normalized spacial score (nSPS) is 25.3. The molecule has 0 unspecified atom stereocenters. The zero-order valence-corrected chi connectivity index (χ0v) is 16.9. The second-order valence-corrected chi connectivity index (χ2v) is 9.49. The van der Waals surface area contributed by atoms with E-state index in [0.29, 0.717) is 0 Å². The van der Waals surface area contributed by atoms with Crippen LogP contribution in [0.1, 0.15) is 23.0 Å². The van der Waals surface area contributed by atoms with Gasteiger partial charge in [0.25, 0.3) is 11.9 Å². The number of fused-ring (bicyclic) bond motifs is 1. The molecular weight excluding hydrogens is 415 g/mol. The second-order valence-electron chi connectivity index (χ2n) is 7.22. The number of hydrogen-bond acceptors (Lipinski definition) is 6. The van der Waals surface area contributed by atoms with Crippen molar-refractivity contribution in [1.82, 2.24) is 14.8 Å². The average Bonchev–Trinajstić information content (AvgIpc) is 3.12. The minimum Gasteiger partial charge on any atom is -0.481 e. The lowest BCUT2D eigenvalue weighted by Crippen LogP contribution is -2.38. The summed E-state index contributed by atoms with van der Waals surface area (Å²) in [4.78, 5) is 28.0. The number of carbonyl (C=O) groups excluding carboxylic acids is 1. The molecule has 8 nitrogen and oxygen atoms in total. The van der Waals surface area contributed by atoms with Crippen molar-refractivity contribution < 1.29 is 36.3 Å². The van der Waals surface area contributed by atoms with Crippen molar-refractivity contribution in [3.63, 3.8) is 0 Å². The van der Waals surface area contributed by atoms with E-state index in [-0.39, 0.29) is 36.4 Å². The minimum absolute atomic E-state index is 0.0202. The standard InChI is InChI=1S/C15H18F3N3O3S.C2H4O2/c1-20(2)11-8-25(23,24)12-7-21(6-10(11)12)14(22)9-3-4-13(19-5-9)15(16,17)18;1-2(3)4/h3-5,10-12H,6-8H2,1-2H3;1H3,(H,3,4)/t10-,11+,12-;/m0./s1. The van der Waals surface area contributed by atoms with E-state index in [4.69, 9.17) is 9.90 Å². The highest BCUT2D eigenvalue weighted by molar-refractivity contribution is 7.92. The summed E-state index contributed by atoms with van der Waals surface area (Å²) in [7, 11) is 0.304. The van der Waals surface area contributed by atoms with Crippen molar-refractivity contribution in [1.29, 1.82) is 0 Å². The van der Waals surface area contributed by atoms with E-state index in [9.17, 15) is 26.4 Å². The van der Waals surface area contributed by atoms with Gasteiger partial charge in [-0.15, -0.1) is 0 Å². The second kappa shape index (κ2) is 8.27. The molecule has 1 aromatic rings. The van der Waals surface area contributed by atoms with Gasteiger partial charge in [0.15, 0.2) is 9.84 Å².